The van der Waals surface area contributed by atoms with Crippen molar-refractivity contribution >= 4 is 5.69 Å². The monoisotopic (exact) mass is 258 g/mol. The van der Waals surface area contributed by atoms with Crippen molar-refractivity contribution in [2.75, 3.05) is 11.9 Å². The van der Waals surface area contributed by atoms with Gasteiger partial charge in [-0.15, -0.1) is 0 Å². The molecule has 1 aromatic carbocycles. The second kappa shape index (κ2) is 6.75. The van der Waals surface area contributed by atoms with E-state index >= 15 is 0 Å². The summed E-state index contributed by atoms with van der Waals surface area (Å²) in [6.45, 7) is 0.832. The van der Waals surface area contributed by atoms with E-state index in [1.54, 1.807) is 12.1 Å². The van der Waals surface area contributed by atoms with E-state index in [-0.39, 0.29) is 12.4 Å². The van der Waals surface area contributed by atoms with Gasteiger partial charge < -0.3 is 15.5 Å². The number of benzene rings is 1. The zero-order valence-electron chi connectivity index (χ0n) is 10.7. The standard InChI is InChI=1S/C15H18N2O2/c18-8-2-4-12-3-1-5-13(9-12)16-10-14-6-7-15(19)11-17-14/h1,3,5-7,9,11,16,18-19H,2,4,8,10H2. The zero-order chi connectivity index (χ0) is 13.5. The van der Waals surface area contributed by atoms with Crippen molar-refractivity contribution in [3.63, 3.8) is 0 Å². The SMILES string of the molecule is OCCCc1cccc(NCc2ccc(O)cn2)c1. The van der Waals surface area contributed by atoms with Crippen molar-refractivity contribution in [3.05, 3.63) is 53.9 Å². The summed E-state index contributed by atoms with van der Waals surface area (Å²) in [6.07, 6.45) is 3.10. The molecule has 0 unspecified atom stereocenters. The largest absolute Gasteiger partial charge is 0.506 e. The Kier molecular flexibility index (Phi) is 4.75. The smallest absolute Gasteiger partial charge is 0.133 e. The first-order valence-electron chi connectivity index (χ1n) is 6.35. The zero-order valence-corrected chi connectivity index (χ0v) is 10.7. The first-order valence-corrected chi connectivity index (χ1v) is 6.35. The lowest BCUT2D eigenvalue weighted by Gasteiger charge is -2.08. The van der Waals surface area contributed by atoms with E-state index in [2.05, 4.69) is 22.4 Å². The van der Waals surface area contributed by atoms with Crippen LogP contribution in [0.25, 0.3) is 0 Å². The van der Waals surface area contributed by atoms with Crippen LogP contribution in [-0.2, 0) is 13.0 Å². The average Bonchev–Trinajstić information content (AvgIpc) is 2.45. The second-order valence-corrected chi connectivity index (χ2v) is 4.39. The van der Waals surface area contributed by atoms with Gasteiger partial charge >= 0.3 is 0 Å². The predicted molar refractivity (Wildman–Crippen MR) is 75.1 cm³/mol. The van der Waals surface area contributed by atoms with Crippen LogP contribution in [0.15, 0.2) is 42.6 Å². The van der Waals surface area contributed by atoms with Crippen molar-refractivity contribution in [2.45, 2.75) is 19.4 Å². The van der Waals surface area contributed by atoms with E-state index in [0.717, 1.165) is 24.2 Å². The van der Waals surface area contributed by atoms with E-state index < -0.39 is 0 Å². The van der Waals surface area contributed by atoms with E-state index in [1.807, 2.05) is 12.1 Å². The van der Waals surface area contributed by atoms with Gasteiger partial charge in [-0.1, -0.05) is 12.1 Å². The number of aromatic hydroxyl groups is 1. The molecule has 0 amide bonds. The molecule has 100 valence electrons. The molecule has 3 N–H and O–H groups in total. The maximum absolute atomic E-state index is 9.16. The summed E-state index contributed by atoms with van der Waals surface area (Å²) in [7, 11) is 0. The molecule has 1 heterocycles. The summed E-state index contributed by atoms with van der Waals surface area (Å²) in [4.78, 5) is 4.12. The van der Waals surface area contributed by atoms with Gasteiger partial charge in [0.05, 0.1) is 18.4 Å². The molecule has 19 heavy (non-hydrogen) atoms. The lowest BCUT2D eigenvalue weighted by Crippen LogP contribution is -2.01. The first kappa shape index (κ1) is 13.4. The van der Waals surface area contributed by atoms with Crippen LogP contribution in [0.3, 0.4) is 0 Å². The molecule has 0 aliphatic carbocycles. The van der Waals surface area contributed by atoms with Crippen LogP contribution in [0.2, 0.25) is 0 Å². The van der Waals surface area contributed by atoms with Crippen LogP contribution in [-0.4, -0.2) is 21.8 Å². The van der Waals surface area contributed by atoms with Gasteiger partial charge in [-0.3, -0.25) is 4.98 Å². The molecule has 0 spiro atoms. The molecule has 0 atom stereocenters. The molecule has 0 saturated carbocycles. The Morgan fingerprint density at radius 3 is 2.79 bits per heavy atom. The lowest BCUT2D eigenvalue weighted by atomic mass is 10.1. The van der Waals surface area contributed by atoms with Crippen LogP contribution in [0, 0.1) is 0 Å². The van der Waals surface area contributed by atoms with Gasteiger partial charge in [0.15, 0.2) is 0 Å². The highest BCUT2D eigenvalue weighted by Gasteiger charge is 1.98. The molecule has 2 rings (SSSR count). The fraction of sp³-hybridized carbons (Fsp3) is 0.267. The van der Waals surface area contributed by atoms with Gasteiger partial charge in [0.1, 0.15) is 5.75 Å². The number of pyridine rings is 1. The van der Waals surface area contributed by atoms with Gasteiger partial charge in [-0.05, 0) is 42.7 Å². The van der Waals surface area contributed by atoms with Crippen LogP contribution < -0.4 is 5.32 Å². The molecule has 0 bridgehead atoms. The highest BCUT2D eigenvalue weighted by atomic mass is 16.3. The Morgan fingerprint density at radius 1 is 1.16 bits per heavy atom. The van der Waals surface area contributed by atoms with E-state index in [1.165, 1.54) is 11.8 Å². The Bertz CT molecular complexity index is 512. The maximum Gasteiger partial charge on any atom is 0.133 e. The molecule has 4 heteroatoms. The summed E-state index contributed by atoms with van der Waals surface area (Å²) in [5.41, 5.74) is 3.11. The number of nitrogens with one attached hydrogen (secondary N) is 1. The number of rotatable bonds is 6. The first-order chi connectivity index (χ1) is 9.28. The molecular formula is C15H18N2O2. The Balaban J connectivity index is 1.93. The number of aryl methyl sites for hydroxylation is 1. The normalized spacial score (nSPS) is 10.4. The number of aliphatic hydroxyl groups is 1. The topological polar surface area (TPSA) is 65.4 Å². The number of hydrogen-bond acceptors (Lipinski definition) is 4. The third kappa shape index (κ3) is 4.26. The number of anilines is 1. The highest BCUT2D eigenvalue weighted by Crippen LogP contribution is 2.14. The minimum atomic E-state index is 0.176. The summed E-state index contributed by atoms with van der Waals surface area (Å²) in [5, 5.41) is 21.3. The third-order valence-electron chi connectivity index (χ3n) is 2.83. The molecule has 4 nitrogen and oxygen atoms in total. The third-order valence-corrected chi connectivity index (χ3v) is 2.83. The van der Waals surface area contributed by atoms with E-state index in [4.69, 9.17) is 10.2 Å². The molecule has 0 radical (unpaired) electrons. The lowest BCUT2D eigenvalue weighted by molar-refractivity contribution is 0.288. The minimum absolute atomic E-state index is 0.176. The Hall–Kier alpha value is -2.07. The fourth-order valence-corrected chi connectivity index (χ4v) is 1.83. The van der Waals surface area contributed by atoms with Gasteiger partial charge in [-0.2, -0.15) is 0 Å². The summed E-state index contributed by atoms with van der Waals surface area (Å²) >= 11 is 0. The second-order valence-electron chi connectivity index (χ2n) is 4.39. The molecule has 2 aromatic rings. The number of nitrogens with zero attached hydrogens (tertiary/aromatic N) is 1. The van der Waals surface area contributed by atoms with Crippen molar-refractivity contribution in [1.29, 1.82) is 0 Å². The number of aliphatic hydroxyl groups excluding tert-OH is 1. The van der Waals surface area contributed by atoms with E-state index in [0.29, 0.717) is 6.54 Å². The minimum Gasteiger partial charge on any atom is -0.506 e. The van der Waals surface area contributed by atoms with Crippen LogP contribution in [0.1, 0.15) is 17.7 Å². The van der Waals surface area contributed by atoms with Crippen molar-refractivity contribution in [1.82, 2.24) is 4.98 Å². The summed E-state index contributed by atoms with van der Waals surface area (Å²) in [5.74, 6) is 0.176. The molecular weight excluding hydrogens is 240 g/mol. The van der Waals surface area contributed by atoms with E-state index in [9.17, 15) is 0 Å². The average molecular weight is 258 g/mol. The summed E-state index contributed by atoms with van der Waals surface area (Å²) < 4.78 is 0. The Morgan fingerprint density at radius 2 is 2.05 bits per heavy atom. The molecule has 0 saturated heterocycles. The Labute approximate surface area is 112 Å². The number of hydrogen-bond donors (Lipinski definition) is 3. The molecule has 0 aliphatic heterocycles. The molecule has 1 aromatic heterocycles. The number of aromatic nitrogens is 1. The van der Waals surface area contributed by atoms with Gasteiger partial charge in [-0.25, -0.2) is 0 Å². The van der Waals surface area contributed by atoms with Crippen LogP contribution in [0.4, 0.5) is 5.69 Å². The van der Waals surface area contributed by atoms with Crippen LogP contribution in [0.5, 0.6) is 5.75 Å². The fourth-order valence-electron chi connectivity index (χ4n) is 1.83. The quantitative estimate of drug-likeness (QED) is 0.744. The van der Waals surface area contributed by atoms with Gasteiger partial charge in [0, 0.05) is 12.3 Å². The predicted octanol–water partition coefficient (Wildman–Crippen LogP) is 2.32. The van der Waals surface area contributed by atoms with Crippen molar-refractivity contribution < 1.29 is 10.2 Å². The van der Waals surface area contributed by atoms with Crippen molar-refractivity contribution in [2.24, 2.45) is 0 Å². The summed E-state index contributed by atoms with van der Waals surface area (Å²) in [6, 6.07) is 11.6. The van der Waals surface area contributed by atoms with Crippen molar-refractivity contribution in [3.8, 4) is 5.75 Å². The van der Waals surface area contributed by atoms with Crippen LogP contribution >= 0.6 is 0 Å². The highest BCUT2D eigenvalue weighted by molar-refractivity contribution is 5.46. The van der Waals surface area contributed by atoms with Gasteiger partial charge in [0.25, 0.3) is 0 Å². The van der Waals surface area contributed by atoms with Gasteiger partial charge in [0.2, 0.25) is 0 Å². The maximum atomic E-state index is 9.16. The molecule has 0 fully saturated rings. The molecule has 0 aliphatic rings.